The van der Waals surface area contributed by atoms with Gasteiger partial charge in [0.05, 0.1) is 0 Å². The largest absolute Gasteiger partial charge is 0.384 e. The maximum absolute atomic E-state index is 12.7. The van der Waals surface area contributed by atoms with E-state index in [1.165, 1.54) is 0 Å². The molecule has 1 aromatic rings. The van der Waals surface area contributed by atoms with E-state index in [0.29, 0.717) is 23.6 Å². The Hall–Kier alpha value is -2.41. The minimum Gasteiger partial charge on any atom is -0.384 e. The Morgan fingerprint density at radius 3 is 2.37 bits per heavy atom. The molecule has 27 heavy (non-hydrogen) atoms. The first kappa shape index (κ1) is 20.9. The molecule has 0 bridgehead atoms. The average molecular weight is 374 g/mol. The van der Waals surface area contributed by atoms with Gasteiger partial charge in [-0.1, -0.05) is 26.0 Å². The molecule has 0 aromatic heterocycles. The molecule has 1 aliphatic rings. The van der Waals surface area contributed by atoms with Crippen LogP contribution in [0.4, 0.5) is 0 Å². The number of nitrogen functional groups attached to an aromatic ring is 1. The van der Waals surface area contributed by atoms with Gasteiger partial charge in [0.2, 0.25) is 5.91 Å². The standard InChI is InChI=1S/C20H31N5O2/c1-12(2)17(20(27)24-16-8-6-13(11-21)7-9-16)25-19(26)15-5-3-4-14(10-15)18(22)23/h3-5,10,12-13,16-17H,6-9,11,21H2,1-2H3,(H3,22,23)(H,24,27)(H,25,26)/t13?,16?,17-/m1/s1. The smallest absolute Gasteiger partial charge is 0.251 e. The number of nitrogens with two attached hydrogens (primary N) is 2. The van der Waals surface area contributed by atoms with Gasteiger partial charge in [-0.3, -0.25) is 15.0 Å². The number of hydrogen-bond acceptors (Lipinski definition) is 4. The zero-order valence-corrected chi connectivity index (χ0v) is 16.1. The molecule has 1 atom stereocenters. The second-order valence-electron chi connectivity index (χ2n) is 7.65. The van der Waals surface area contributed by atoms with Crippen LogP contribution in [0.5, 0.6) is 0 Å². The van der Waals surface area contributed by atoms with E-state index >= 15 is 0 Å². The highest BCUT2D eigenvalue weighted by molar-refractivity contribution is 6.01. The lowest BCUT2D eigenvalue weighted by molar-refractivity contribution is -0.124. The van der Waals surface area contributed by atoms with Crippen LogP contribution in [0.3, 0.4) is 0 Å². The molecule has 2 amide bonds. The summed E-state index contributed by atoms with van der Waals surface area (Å²) in [6.07, 6.45) is 3.90. The van der Waals surface area contributed by atoms with E-state index in [1.54, 1.807) is 24.3 Å². The summed E-state index contributed by atoms with van der Waals surface area (Å²) >= 11 is 0. The first-order valence-electron chi connectivity index (χ1n) is 9.57. The highest BCUT2D eigenvalue weighted by atomic mass is 16.2. The zero-order chi connectivity index (χ0) is 20.0. The number of amides is 2. The molecule has 7 N–H and O–H groups in total. The minimum absolute atomic E-state index is 0.0506. The Morgan fingerprint density at radius 2 is 1.81 bits per heavy atom. The summed E-state index contributed by atoms with van der Waals surface area (Å²) in [7, 11) is 0. The number of carbonyl (C=O) groups is 2. The van der Waals surface area contributed by atoms with E-state index in [4.69, 9.17) is 16.9 Å². The Morgan fingerprint density at radius 1 is 1.19 bits per heavy atom. The van der Waals surface area contributed by atoms with Crippen LogP contribution in [0.15, 0.2) is 24.3 Å². The van der Waals surface area contributed by atoms with E-state index in [2.05, 4.69) is 10.6 Å². The van der Waals surface area contributed by atoms with Gasteiger partial charge in [0, 0.05) is 17.2 Å². The molecule has 7 nitrogen and oxygen atoms in total. The van der Waals surface area contributed by atoms with Gasteiger partial charge in [-0.15, -0.1) is 0 Å². The van der Waals surface area contributed by atoms with Crippen LogP contribution in [-0.2, 0) is 4.79 Å². The molecule has 1 fully saturated rings. The van der Waals surface area contributed by atoms with Gasteiger partial charge in [-0.25, -0.2) is 0 Å². The summed E-state index contributed by atoms with van der Waals surface area (Å²) in [6, 6.07) is 6.06. The average Bonchev–Trinajstić information content (AvgIpc) is 2.66. The number of nitrogens with one attached hydrogen (secondary N) is 3. The molecule has 7 heteroatoms. The van der Waals surface area contributed by atoms with Crippen molar-refractivity contribution in [3.63, 3.8) is 0 Å². The molecule has 0 spiro atoms. The Labute approximate surface area is 160 Å². The molecule has 2 rings (SSSR count). The number of hydrogen-bond donors (Lipinski definition) is 5. The molecule has 0 heterocycles. The van der Waals surface area contributed by atoms with Crippen LogP contribution in [-0.4, -0.2) is 36.3 Å². The maximum Gasteiger partial charge on any atom is 0.251 e. The molecular formula is C20H31N5O2. The third-order valence-electron chi connectivity index (χ3n) is 5.20. The quantitative estimate of drug-likeness (QED) is 0.364. The molecule has 0 saturated heterocycles. The van der Waals surface area contributed by atoms with Crippen molar-refractivity contribution < 1.29 is 9.59 Å². The summed E-state index contributed by atoms with van der Waals surface area (Å²) in [5.41, 5.74) is 12.1. The van der Waals surface area contributed by atoms with E-state index in [1.807, 2.05) is 13.8 Å². The Kier molecular flexibility index (Phi) is 7.36. The topological polar surface area (TPSA) is 134 Å². The van der Waals surface area contributed by atoms with Crippen molar-refractivity contribution in [1.82, 2.24) is 10.6 Å². The van der Waals surface area contributed by atoms with Gasteiger partial charge in [0.1, 0.15) is 11.9 Å². The second kappa shape index (κ2) is 9.50. The van der Waals surface area contributed by atoms with Crippen molar-refractivity contribution in [3.8, 4) is 0 Å². The van der Waals surface area contributed by atoms with Crippen LogP contribution in [0.25, 0.3) is 0 Å². The molecular weight excluding hydrogens is 342 g/mol. The molecule has 0 aliphatic heterocycles. The normalized spacial score (nSPS) is 20.7. The lowest BCUT2D eigenvalue weighted by atomic mass is 9.86. The van der Waals surface area contributed by atoms with Crippen LogP contribution < -0.4 is 22.1 Å². The van der Waals surface area contributed by atoms with Crippen molar-refractivity contribution in [2.45, 2.75) is 51.6 Å². The van der Waals surface area contributed by atoms with Crippen LogP contribution >= 0.6 is 0 Å². The fraction of sp³-hybridized carbons (Fsp3) is 0.550. The van der Waals surface area contributed by atoms with Crippen molar-refractivity contribution in [2.24, 2.45) is 23.3 Å². The fourth-order valence-electron chi connectivity index (χ4n) is 3.42. The first-order valence-corrected chi connectivity index (χ1v) is 9.57. The van der Waals surface area contributed by atoms with E-state index < -0.39 is 6.04 Å². The highest BCUT2D eigenvalue weighted by Crippen LogP contribution is 2.23. The highest BCUT2D eigenvalue weighted by Gasteiger charge is 2.28. The third-order valence-corrected chi connectivity index (χ3v) is 5.20. The SMILES string of the molecule is CC(C)[C@@H](NC(=O)c1cccc(C(=N)N)c1)C(=O)NC1CCC(CN)CC1. The van der Waals surface area contributed by atoms with Crippen molar-refractivity contribution >= 4 is 17.6 Å². The summed E-state index contributed by atoms with van der Waals surface area (Å²) in [5, 5.41) is 13.4. The van der Waals surface area contributed by atoms with Crippen molar-refractivity contribution in [2.75, 3.05) is 6.54 Å². The van der Waals surface area contributed by atoms with Gasteiger partial charge in [0.15, 0.2) is 0 Å². The first-order chi connectivity index (χ1) is 12.8. The van der Waals surface area contributed by atoms with Gasteiger partial charge in [-0.2, -0.15) is 0 Å². The number of amidine groups is 1. The van der Waals surface area contributed by atoms with Crippen LogP contribution in [0.1, 0.15) is 55.5 Å². The molecule has 0 unspecified atom stereocenters. The van der Waals surface area contributed by atoms with Crippen molar-refractivity contribution in [1.29, 1.82) is 5.41 Å². The van der Waals surface area contributed by atoms with Gasteiger partial charge in [-0.05, 0) is 56.2 Å². The predicted molar refractivity (Wildman–Crippen MR) is 106 cm³/mol. The second-order valence-corrected chi connectivity index (χ2v) is 7.65. The third kappa shape index (κ3) is 5.79. The van der Waals surface area contributed by atoms with Gasteiger partial charge in [0.25, 0.3) is 5.91 Å². The van der Waals surface area contributed by atoms with E-state index in [-0.39, 0.29) is 29.6 Å². The fourth-order valence-corrected chi connectivity index (χ4v) is 3.42. The molecule has 0 radical (unpaired) electrons. The minimum atomic E-state index is -0.620. The zero-order valence-electron chi connectivity index (χ0n) is 16.1. The van der Waals surface area contributed by atoms with Crippen LogP contribution in [0, 0.1) is 17.2 Å². The van der Waals surface area contributed by atoms with E-state index in [9.17, 15) is 9.59 Å². The molecule has 1 aromatic carbocycles. The summed E-state index contributed by atoms with van der Waals surface area (Å²) in [6.45, 7) is 4.51. The number of benzene rings is 1. The number of rotatable bonds is 7. The van der Waals surface area contributed by atoms with Gasteiger partial charge >= 0.3 is 0 Å². The predicted octanol–water partition coefficient (Wildman–Crippen LogP) is 1.36. The summed E-state index contributed by atoms with van der Waals surface area (Å²) in [5.74, 6) is -0.107. The molecule has 1 aliphatic carbocycles. The Bertz CT molecular complexity index is 681. The summed E-state index contributed by atoms with van der Waals surface area (Å²) < 4.78 is 0. The lowest BCUT2D eigenvalue weighted by Gasteiger charge is -2.30. The molecule has 148 valence electrons. The maximum atomic E-state index is 12.7. The van der Waals surface area contributed by atoms with E-state index in [0.717, 1.165) is 25.7 Å². The van der Waals surface area contributed by atoms with Crippen molar-refractivity contribution in [3.05, 3.63) is 35.4 Å². The number of carbonyl (C=O) groups excluding carboxylic acids is 2. The molecule has 1 saturated carbocycles. The Balaban J connectivity index is 2.00. The lowest BCUT2D eigenvalue weighted by Crippen LogP contribution is -2.52. The van der Waals surface area contributed by atoms with Crippen LogP contribution in [0.2, 0.25) is 0 Å². The summed E-state index contributed by atoms with van der Waals surface area (Å²) in [4.78, 5) is 25.3. The van der Waals surface area contributed by atoms with Gasteiger partial charge < -0.3 is 22.1 Å². The monoisotopic (exact) mass is 373 g/mol.